The van der Waals surface area contributed by atoms with E-state index in [0.717, 1.165) is 22.0 Å². The molecule has 3 rings (SSSR count). The highest BCUT2D eigenvalue weighted by Gasteiger charge is 2.27. The number of aliphatic carboxylic acids is 1. The summed E-state index contributed by atoms with van der Waals surface area (Å²) in [7, 11) is 0. The number of thioether (sulfide) groups is 1. The maximum atomic E-state index is 12.9. The summed E-state index contributed by atoms with van der Waals surface area (Å²) in [4.78, 5) is 52.9. The van der Waals surface area contributed by atoms with Crippen molar-refractivity contribution < 1.29 is 24.3 Å². The number of aromatic amines is 1. The summed E-state index contributed by atoms with van der Waals surface area (Å²) in [6, 6.07) is 13.7. The minimum absolute atomic E-state index is 0.107. The number of carboxylic acid groups (broad SMARTS) is 1. The summed E-state index contributed by atoms with van der Waals surface area (Å²) in [5.41, 5.74) is 8.66. The Morgan fingerprint density at radius 2 is 1.66 bits per heavy atom. The van der Waals surface area contributed by atoms with Crippen molar-refractivity contribution in [3.05, 3.63) is 71.9 Å². The van der Waals surface area contributed by atoms with Crippen molar-refractivity contribution in [1.29, 1.82) is 0 Å². The molecule has 0 aliphatic rings. The molecule has 1 heterocycles. The Bertz CT molecular complexity index is 1250. The van der Waals surface area contributed by atoms with Gasteiger partial charge in [-0.1, -0.05) is 48.5 Å². The highest BCUT2D eigenvalue weighted by molar-refractivity contribution is 7.98. The molecule has 0 fully saturated rings. The lowest BCUT2D eigenvalue weighted by Crippen LogP contribution is -2.54. The number of hydrogen-bond acceptors (Lipinski definition) is 6. The third-order valence-corrected chi connectivity index (χ3v) is 6.68. The number of para-hydroxylation sites is 1. The van der Waals surface area contributed by atoms with Crippen molar-refractivity contribution in [3.8, 4) is 0 Å². The summed E-state index contributed by atoms with van der Waals surface area (Å²) in [6.07, 6.45) is 4.36. The number of rotatable bonds is 14. The van der Waals surface area contributed by atoms with E-state index in [9.17, 15) is 24.3 Å². The van der Waals surface area contributed by atoms with Crippen LogP contribution in [0.4, 0.5) is 0 Å². The quantitative estimate of drug-likeness (QED) is 0.179. The smallest absolute Gasteiger partial charge is 0.326 e. The van der Waals surface area contributed by atoms with E-state index < -0.39 is 41.8 Å². The van der Waals surface area contributed by atoms with Crippen LogP contribution >= 0.6 is 11.8 Å². The molecule has 0 radical (unpaired) electrons. The SMILES string of the molecule is CSCCC(NC(=O)CNC(=O)C(N)Cc1c[nH]c2ccccc12)C(=O)NC(Cc1ccccc1)C(=O)O. The van der Waals surface area contributed by atoms with Gasteiger partial charge in [-0.3, -0.25) is 14.4 Å². The van der Waals surface area contributed by atoms with E-state index >= 15 is 0 Å². The van der Waals surface area contributed by atoms with Gasteiger partial charge in [0.2, 0.25) is 17.7 Å². The fourth-order valence-electron chi connectivity index (χ4n) is 4.00. The molecule has 3 atom stereocenters. The van der Waals surface area contributed by atoms with Gasteiger partial charge in [-0.05, 0) is 42.0 Å². The molecule has 10 nitrogen and oxygen atoms in total. The second kappa shape index (κ2) is 14.2. The number of aromatic nitrogens is 1. The van der Waals surface area contributed by atoms with Gasteiger partial charge in [0.05, 0.1) is 12.6 Å². The van der Waals surface area contributed by atoms with Gasteiger partial charge in [0.15, 0.2) is 0 Å². The molecule has 3 unspecified atom stereocenters. The average molecular weight is 540 g/mol. The van der Waals surface area contributed by atoms with E-state index in [1.807, 2.05) is 42.8 Å². The van der Waals surface area contributed by atoms with Gasteiger partial charge < -0.3 is 31.8 Å². The molecule has 2 aromatic carbocycles. The molecule has 7 N–H and O–H groups in total. The first-order chi connectivity index (χ1) is 18.3. The Kier molecular flexibility index (Phi) is 10.7. The largest absolute Gasteiger partial charge is 0.480 e. The van der Waals surface area contributed by atoms with Crippen LogP contribution in [0, 0.1) is 0 Å². The number of carboxylic acids is 1. The van der Waals surface area contributed by atoms with Crippen LogP contribution in [0.5, 0.6) is 0 Å². The third kappa shape index (κ3) is 8.35. The molecule has 11 heteroatoms. The number of carbonyl (C=O) groups is 4. The van der Waals surface area contributed by atoms with E-state index in [2.05, 4.69) is 20.9 Å². The van der Waals surface area contributed by atoms with Crippen molar-refractivity contribution in [2.45, 2.75) is 37.4 Å². The molecule has 0 saturated carbocycles. The van der Waals surface area contributed by atoms with Gasteiger partial charge >= 0.3 is 5.97 Å². The number of nitrogens with one attached hydrogen (secondary N) is 4. The van der Waals surface area contributed by atoms with Gasteiger partial charge in [-0.25, -0.2) is 4.79 Å². The molecule has 3 amide bonds. The summed E-state index contributed by atoms with van der Waals surface area (Å²) < 4.78 is 0. The number of carbonyl (C=O) groups excluding carboxylic acids is 3. The summed E-state index contributed by atoms with van der Waals surface area (Å²) >= 11 is 1.49. The van der Waals surface area contributed by atoms with Crippen LogP contribution in [0.2, 0.25) is 0 Å². The molecule has 0 saturated heterocycles. The molecule has 0 aliphatic carbocycles. The first-order valence-corrected chi connectivity index (χ1v) is 13.6. The van der Waals surface area contributed by atoms with Crippen LogP contribution in [0.1, 0.15) is 17.5 Å². The fourth-order valence-corrected chi connectivity index (χ4v) is 4.47. The molecule has 38 heavy (non-hydrogen) atoms. The first-order valence-electron chi connectivity index (χ1n) is 12.2. The van der Waals surface area contributed by atoms with E-state index in [1.165, 1.54) is 11.8 Å². The van der Waals surface area contributed by atoms with Crippen LogP contribution in [0.25, 0.3) is 10.9 Å². The van der Waals surface area contributed by atoms with Gasteiger partial charge in [0.25, 0.3) is 0 Å². The predicted octanol–water partition coefficient (Wildman–Crippen LogP) is 1.20. The van der Waals surface area contributed by atoms with Crippen LogP contribution in [-0.4, -0.2) is 70.5 Å². The monoisotopic (exact) mass is 539 g/mol. The number of H-pyrrole nitrogens is 1. The number of nitrogens with two attached hydrogens (primary N) is 1. The Hall–Kier alpha value is -3.83. The predicted molar refractivity (Wildman–Crippen MR) is 148 cm³/mol. The van der Waals surface area contributed by atoms with E-state index in [1.54, 1.807) is 24.3 Å². The molecule has 202 valence electrons. The molecule has 0 bridgehead atoms. The van der Waals surface area contributed by atoms with Crippen molar-refractivity contribution in [3.63, 3.8) is 0 Å². The fraction of sp³-hybridized carbons (Fsp3) is 0.333. The van der Waals surface area contributed by atoms with Crippen molar-refractivity contribution in [1.82, 2.24) is 20.9 Å². The van der Waals surface area contributed by atoms with E-state index in [0.29, 0.717) is 12.2 Å². The molecular formula is C27H33N5O5S. The van der Waals surface area contributed by atoms with Gasteiger partial charge in [0.1, 0.15) is 12.1 Å². The maximum Gasteiger partial charge on any atom is 0.326 e. The normalized spacial score (nSPS) is 13.3. The zero-order valence-electron chi connectivity index (χ0n) is 21.1. The molecular weight excluding hydrogens is 506 g/mol. The lowest BCUT2D eigenvalue weighted by molar-refractivity contribution is -0.142. The maximum absolute atomic E-state index is 12.9. The molecule has 1 aromatic heterocycles. The van der Waals surface area contributed by atoms with E-state index in [4.69, 9.17) is 5.73 Å². The lowest BCUT2D eigenvalue weighted by atomic mass is 10.0. The summed E-state index contributed by atoms with van der Waals surface area (Å²) in [6.45, 7) is -0.365. The highest BCUT2D eigenvalue weighted by atomic mass is 32.2. The Balaban J connectivity index is 1.53. The number of hydrogen-bond donors (Lipinski definition) is 6. The summed E-state index contributed by atoms with van der Waals surface area (Å²) in [5, 5.41) is 18.2. The minimum atomic E-state index is -1.17. The molecule has 0 aliphatic heterocycles. The van der Waals surface area contributed by atoms with Crippen molar-refractivity contribution in [2.75, 3.05) is 18.6 Å². The Labute approximate surface area is 225 Å². The minimum Gasteiger partial charge on any atom is -0.480 e. The standard InChI is InChI=1S/C27H33N5O5S/c1-38-12-11-22(26(35)32-23(27(36)37)13-17-7-3-2-4-8-17)31-24(33)16-30-25(34)20(28)14-18-15-29-21-10-6-5-9-19(18)21/h2-10,15,20,22-23,29H,11-14,16,28H2,1H3,(H,30,34)(H,31,33)(H,32,35)(H,36,37). The van der Waals surface area contributed by atoms with E-state index in [-0.39, 0.29) is 19.4 Å². The van der Waals surface area contributed by atoms with Gasteiger partial charge in [-0.15, -0.1) is 0 Å². The number of benzene rings is 2. The zero-order valence-corrected chi connectivity index (χ0v) is 21.9. The van der Waals surface area contributed by atoms with Crippen molar-refractivity contribution >= 4 is 46.4 Å². The third-order valence-electron chi connectivity index (χ3n) is 6.03. The second-order valence-corrected chi connectivity index (χ2v) is 9.86. The zero-order chi connectivity index (χ0) is 27.5. The van der Waals surface area contributed by atoms with Crippen LogP contribution in [0.3, 0.4) is 0 Å². The Morgan fingerprint density at radius 1 is 0.947 bits per heavy atom. The molecule has 3 aromatic rings. The van der Waals surface area contributed by atoms with Crippen LogP contribution < -0.4 is 21.7 Å². The topological polar surface area (TPSA) is 166 Å². The van der Waals surface area contributed by atoms with Gasteiger partial charge in [-0.2, -0.15) is 11.8 Å². The number of amides is 3. The average Bonchev–Trinajstić information content (AvgIpc) is 3.32. The second-order valence-electron chi connectivity index (χ2n) is 8.88. The highest BCUT2D eigenvalue weighted by Crippen LogP contribution is 2.18. The van der Waals surface area contributed by atoms with Gasteiger partial charge in [0, 0.05) is 23.5 Å². The Morgan fingerprint density at radius 3 is 2.37 bits per heavy atom. The first kappa shape index (κ1) is 28.7. The van der Waals surface area contributed by atoms with Crippen LogP contribution in [0.15, 0.2) is 60.8 Å². The molecule has 0 spiro atoms. The van der Waals surface area contributed by atoms with Crippen molar-refractivity contribution in [2.24, 2.45) is 5.73 Å². The number of fused-ring (bicyclic) bond motifs is 1. The summed E-state index contributed by atoms with van der Waals surface area (Å²) in [5.74, 6) is -2.28. The van der Waals surface area contributed by atoms with Crippen LogP contribution in [-0.2, 0) is 32.0 Å². The lowest BCUT2D eigenvalue weighted by Gasteiger charge is -2.22.